The second kappa shape index (κ2) is 8.66. The molecule has 4 heteroatoms. The Kier molecular flexibility index (Phi) is 6.87. The van der Waals surface area contributed by atoms with Crippen LogP contribution in [0.1, 0.15) is 23.8 Å². The molecule has 0 amide bonds. The molecule has 1 heterocycles. The number of hydrogen-bond donors (Lipinski definition) is 1. The fourth-order valence-electron chi connectivity index (χ4n) is 2.42. The van der Waals surface area contributed by atoms with Crippen LogP contribution in [0.2, 0.25) is 0 Å². The van der Waals surface area contributed by atoms with E-state index in [1.54, 1.807) is 23.5 Å². The van der Waals surface area contributed by atoms with Crippen molar-refractivity contribution in [1.29, 1.82) is 0 Å². The highest BCUT2D eigenvalue weighted by molar-refractivity contribution is 9.10. The molecule has 1 atom stereocenters. The van der Waals surface area contributed by atoms with Gasteiger partial charge in [0, 0.05) is 14.7 Å². The SMILES string of the molecule is CCCNCC(Cc1cc(Br)cs1)Cc1ccccc1F. The summed E-state index contributed by atoms with van der Waals surface area (Å²) in [6, 6.07) is 9.27. The van der Waals surface area contributed by atoms with Crippen molar-refractivity contribution in [2.24, 2.45) is 5.92 Å². The van der Waals surface area contributed by atoms with E-state index in [9.17, 15) is 4.39 Å². The first-order valence-corrected chi connectivity index (χ1v) is 9.03. The van der Waals surface area contributed by atoms with Crippen molar-refractivity contribution >= 4 is 27.3 Å². The third-order valence-corrected chi connectivity index (χ3v) is 5.16. The minimum absolute atomic E-state index is 0.0923. The van der Waals surface area contributed by atoms with Crippen LogP contribution in [0.15, 0.2) is 40.2 Å². The summed E-state index contributed by atoms with van der Waals surface area (Å²) in [4.78, 5) is 1.35. The van der Waals surface area contributed by atoms with Crippen molar-refractivity contribution in [3.8, 4) is 0 Å². The van der Waals surface area contributed by atoms with E-state index in [1.165, 1.54) is 4.88 Å². The molecular weight excluding hydrogens is 349 g/mol. The first-order chi connectivity index (χ1) is 10.2. The van der Waals surface area contributed by atoms with Crippen LogP contribution in [0.5, 0.6) is 0 Å². The smallest absolute Gasteiger partial charge is 0.126 e. The maximum Gasteiger partial charge on any atom is 0.126 e. The van der Waals surface area contributed by atoms with Gasteiger partial charge < -0.3 is 5.32 Å². The van der Waals surface area contributed by atoms with Crippen LogP contribution in [0.25, 0.3) is 0 Å². The van der Waals surface area contributed by atoms with Crippen LogP contribution in [0.3, 0.4) is 0 Å². The highest BCUT2D eigenvalue weighted by Gasteiger charge is 2.14. The molecule has 0 saturated carbocycles. The summed E-state index contributed by atoms with van der Waals surface area (Å²) in [6.45, 7) is 4.11. The summed E-state index contributed by atoms with van der Waals surface area (Å²) in [5, 5.41) is 5.58. The van der Waals surface area contributed by atoms with Crippen LogP contribution in [-0.4, -0.2) is 13.1 Å². The molecule has 2 rings (SSSR count). The van der Waals surface area contributed by atoms with Gasteiger partial charge in [-0.15, -0.1) is 11.3 Å². The van der Waals surface area contributed by atoms with Gasteiger partial charge in [0.1, 0.15) is 5.82 Å². The minimum Gasteiger partial charge on any atom is -0.316 e. The standard InChI is InChI=1S/C17H21BrFNS/c1-2-7-20-11-13(9-16-10-15(18)12-21-16)8-14-5-3-4-6-17(14)19/h3-6,10,12-13,20H,2,7-9,11H2,1H3. The second-order valence-corrected chi connectivity index (χ2v) is 7.21. The second-order valence-electron chi connectivity index (χ2n) is 5.30. The number of rotatable bonds is 8. The van der Waals surface area contributed by atoms with Gasteiger partial charge in [-0.1, -0.05) is 25.1 Å². The molecule has 0 aliphatic carbocycles. The molecule has 21 heavy (non-hydrogen) atoms. The molecule has 0 spiro atoms. The van der Waals surface area contributed by atoms with E-state index in [1.807, 2.05) is 12.1 Å². The van der Waals surface area contributed by atoms with E-state index in [0.29, 0.717) is 5.92 Å². The number of halogens is 2. The lowest BCUT2D eigenvalue weighted by atomic mass is 9.95. The lowest BCUT2D eigenvalue weighted by Crippen LogP contribution is -2.26. The number of thiophene rings is 1. The normalized spacial score (nSPS) is 12.5. The van der Waals surface area contributed by atoms with Crippen molar-refractivity contribution < 1.29 is 4.39 Å². The van der Waals surface area contributed by atoms with Gasteiger partial charge in [-0.25, -0.2) is 4.39 Å². The third kappa shape index (κ3) is 5.53. The van der Waals surface area contributed by atoms with Crippen LogP contribution in [0, 0.1) is 11.7 Å². The van der Waals surface area contributed by atoms with E-state index in [4.69, 9.17) is 0 Å². The van der Waals surface area contributed by atoms with Crippen molar-refractivity contribution in [2.75, 3.05) is 13.1 Å². The van der Waals surface area contributed by atoms with Gasteiger partial charge in [0.25, 0.3) is 0 Å². The highest BCUT2D eigenvalue weighted by atomic mass is 79.9. The molecule has 0 fully saturated rings. The molecule has 1 aromatic heterocycles. The van der Waals surface area contributed by atoms with Crippen LogP contribution < -0.4 is 5.32 Å². The lowest BCUT2D eigenvalue weighted by Gasteiger charge is -2.17. The number of benzene rings is 1. The average Bonchev–Trinajstić information content (AvgIpc) is 2.87. The maximum absolute atomic E-state index is 13.9. The molecule has 1 nitrogen and oxygen atoms in total. The number of nitrogens with one attached hydrogen (secondary N) is 1. The molecule has 0 saturated heterocycles. The molecule has 1 unspecified atom stereocenters. The molecule has 0 aliphatic heterocycles. The number of hydrogen-bond acceptors (Lipinski definition) is 2. The Labute approximate surface area is 138 Å². The zero-order valence-corrected chi connectivity index (χ0v) is 14.6. The van der Waals surface area contributed by atoms with Crippen LogP contribution in [0.4, 0.5) is 4.39 Å². The predicted octanol–water partition coefficient (Wildman–Crippen LogP) is 5.05. The Morgan fingerprint density at radius 2 is 2.10 bits per heavy atom. The van der Waals surface area contributed by atoms with E-state index in [2.05, 4.69) is 39.6 Å². The van der Waals surface area contributed by atoms with Crippen LogP contribution in [-0.2, 0) is 12.8 Å². The topological polar surface area (TPSA) is 12.0 Å². The fraction of sp³-hybridized carbons (Fsp3) is 0.412. The first-order valence-electron chi connectivity index (χ1n) is 7.36. The van der Waals surface area contributed by atoms with Gasteiger partial charge in [-0.2, -0.15) is 0 Å². The van der Waals surface area contributed by atoms with Crippen molar-refractivity contribution in [1.82, 2.24) is 5.32 Å². The van der Waals surface area contributed by atoms with E-state index in [-0.39, 0.29) is 5.82 Å². The van der Waals surface area contributed by atoms with E-state index in [0.717, 1.165) is 42.4 Å². The Balaban J connectivity index is 2.02. The van der Waals surface area contributed by atoms with Crippen LogP contribution >= 0.6 is 27.3 Å². The Morgan fingerprint density at radius 3 is 2.76 bits per heavy atom. The fourth-order valence-corrected chi connectivity index (χ4v) is 3.99. The Morgan fingerprint density at radius 1 is 1.29 bits per heavy atom. The summed E-state index contributed by atoms with van der Waals surface area (Å²) in [7, 11) is 0. The Hall–Kier alpha value is -0.710. The summed E-state index contributed by atoms with van der Waals surface area (Å²) in [6.07, 6.45) is 2.89. The minimum atomic E-state index is -0.0923. The molecule has 1 aromatic carbocycles. The maximum atomic E-state index is 13.9. The van der Waals surface area contributed by atoms with Gasteiger partial charge >= 0.3 is 0 Å². The van der Waals surface area contributed by atoms with Gasteiger partial charge in [-0.05, 0) is 71.9 Å². The van der Waals surface area contributed by atoms with Gasteiger partial charge in [-0.3, -0.25) is 0 Å². The monoisotopic (exact) mass is 369 g/mol. The summed E-state index contributed by atoms with van der Waals surface area (Å²) in [5.41, 5.74) is 0.816. The summed E-state index contributed by atoms with van der Waals surface area (Å²) >= 11 is 5.26. The lowest BCUT2D eigenvalue weighted by molar-refractivity contribution is 0.463. The molecule has 1 N–H and O–H groups in total. The summed E-state index contributed by atoms with van der Waals surface area (Å²) < 4.78 is 15.0. The third-order valence-electron chi connectivity index (χ3n) is 3.44. The molecule has 114 valence electrons. The molecule has 0 bridgehead atoms. The molecule has 0 radical (unpaired) electrons. The predicted molar refractivity (Wildman–Crippen MR) is 92.5 cm³/mol. The molecule has 0 aliphatic rings. The average molecular weight is 370 g/mol. The molecule has 2 aromatic rings. The van der Waals surface area contributed by atoms with Gasteiger partial charge in [0.05, 0.1) is 0 Å². The van der Waals surface area contributed by atoms with Gasteiger partial charge in [0.2, 0.25) is 0 Å². The zero-order valence-electron chi connectivity index (χ0n) is 12.2. The van der Waals surface area contributed by atoms with E-state index < -0.39 is 0 Å². The zero-order chi connectivity index (χ0) is 15.1. The highest BCUT2D eigenvalue weighted by Crippen LogP contribution is 2.24. The van der Waals surface area contributed by atoms with Crippen molar-refractivity contribution in [2.45, 2.75) is 26.2 Å². The van der Waals surface area contributed by atoms with E-state index >= 15 is 0 Å². The Bertz CT molecular complexity index is 555. The first kappa shape index (κ1) is 16.7. The largest absolute Gasteiger partial charge is 0.316 e. The van der Waals surface area contributed by atoms with Gasteiger partial charge in [0.15, 0.2) is 0 Å². The van der Waals surface area contributed by atoms with Crippen molar-refractivity contribution in [3.63, 3.8) is 0 Å². The quantitative estimate of drug-likeness (QED) is 0.641. The molecular formula is C17H21BrFNS. The van der Waals surface area contributed by atoms with Crippen molar-refractivity contribution in [3.05, 3.63) is 56.4 Å². The summed E-state index contributed by atoms with van der Waals surface area (Å²) in [5.74, 6) is 0.323.